The van der Waals surface area contributed by atoms with Gasteiger partial charge in [0.05, 0.1) is 0 Å². The lowest BCUT2D eigenvalue weighted by Crippen LogP contribution is -2.69. The minimum absolute atomic E-state index is 0.0408. The minimum atomic E-state index is -0.190. The van der Waals surface area contributed by atoms with E-state index in [0.29, 0.717) is 0 Å². The van der Waals surface area contributed by atoms with E-state index in [1.165, 1.54) is 106 Å². The molecule has 6 heterocycles. The number of hydrogen-bond acceptors (Lipinski definition) is 2. The lowest BCUT2D eigenvalue weighted by molar-refractivity contribution is 0.591. The van der Waals surface area contributed by atoms with Crippen LogP contribution in [0.25, 0.3) is 44.1 Å². The molecule has 9 aromatic rings. The summed E-state index contributed by atoms with van der Waals surface area (Å²) in [5.41, 5.74) is 21.9. The zero-order chi connectivity index (χ0) is 37.0. The first kappa shape index (κ1) is 30.7. The SMILES string of the molecule is CC(C)(C)c1cc2c(c3c1N(c1ccccc1)c1cccc4c1B3n1ccc3cccc-4c31)B1c3c(cccc3N2c2ccccc2)-c2cccc3ccn1c23. The maximum atomic E-state index is 2.61. The van der Waals surface area contributed by atoms with Crippen LogP contribution in [-0.2, 0) is 5.41 Å². The predicted molar refractivity (Wildman–Crippen MR) is 237 cm³/mol. The number of nitrogens with zero attached hydrogens (tertiary/aromatic N) is 4. The summed E-state index contributed by atoms with van der Waals surface area (Å²) in [5.74, 6) is 0. The number of hydrogen-bond donors (Lipinski definition) is 0. The van der Waals surface area contributed by atoms with Gasteiger partial charge in [-0.15, -0.1) is 0 Å². The molecule has 0 amide bonds. The molecule has 0 fully saturated rings. The van der Waals surface area contributed by atoms with Gasteiger partial charge in [-0.2, -0.15) is 0 Å². The largest absolute Gasteiger partial charge is 0.382 e. The van der Waals surface area contributed by atoms with Crippen LogP contribution in [-0.4, -0.2) is 22.7 Å². The fourth-order valence-corrected chi connectivity index (χ4v) is 10.9. The number of benzene rings is 7. The van der Waals surface area contributed by atoms with Gasteiger partial charge in [-0.3, -0.25) is 0 Å². The molecule has 0 bridgehead atoms. The molecule has 0 unspecified atom stereocenters. The molecule has 4 aliphatic heterocycles. The first-order valence-electron chi connectivity index (χ1n) is 19.8. The lowest BCUT2D eigenvalue weighted by atomic mass is 9.35. The lowest BCUT2D eigenvalue weighted by Gasteiger charge is -2.48. The molecule has 0 radical (unpaired) electrons. The molecule has 6 heteroatoms. The van der Waals surface area contributed by atoms with E-state index in [-0.39, 0.29) is 19.1 Å². The maximum Gasteiger partial charge on any atom is 0.332 e. The van der Waals surface area contributed by atoms with Gasteiger partial charge in [0.2, 0.25) is 0 Å². The quantitative estimate of drug-likeness (QED) is 0.166. The van der Waals surface area contributed by atoms with Gasteiger partial charge >= 0.3 is 13.7 Å². The highest BCUT2D eigenvalue weighted by atomic mass is 15.2. The van der Waals surface area contributed by atoms with E-state index in [2.05, 4.69) is 204 Å². The summed E-state index contributed by atoms with van der Waals surface area (Å²) in [6.07, 6.45) is 4.71. The average Bonchev–Trinajstić information content (AvgIpc) is 3.87. The molecule has 56 heavy (non-hydrogen) atoms. The standard InChI is InChI=1S/C50H36B2N4/c1-50(2,3)39-30-42-45(51-43-35(37-22-10-14-31-26-28-53(51)47(31)37)20-12-24-40(43)55(42)33-16-6-4-7-17-33)46-49(39)56(34-18-8-5-9-19-34)41-25-13-21-36-38-23-11-15-32-27-29-54(48(32)38)52(46)44(36)41/h4-30H,1-3H3. The van der Waals surface area contributed by atoms with Gasteiger partial charge in [-0.05, 0) is 122 Å². The molecule has 0 saturated carbocycles. The molecule has 0 saturated heterocycles. The smallest absolute Gasteiger partial charge is 0.332 e. The third-order valence-corrected chi connectivity index (χ3v) is 13.0. The second kappa shape index (κ2) is 10.6. The normalized spacial score (nSPS) is 14.2. The van der Waals surface area contributed by atoms with Crippen molar-refractivity contribution in [1.29, 1.82) is 0 Å². The van der Waals surface area contributed by atoms with Crippen LogP contribution in [0, 0.1) is 0 Å². The zero-order valence-electron chi connectivity index (χ0n) is 31.5. The van der Waals surface area contributed by atoms with E-state index in [1.54, 1.807) is 0 Å². The summed E-state index contributed by atoms with van der Waals surface area (Å²) in [6.45, 7) is 7.09. The Morgan fingerprint density at radius 1 is 0.411 bits per heavy atom. The topological polar surface area (TPSA) is 16.3 Å². The van der Waals surface area contributed by atoms with Crippen LogP contribution in [0.4, 0.5) is 34.1 Å². The Labute approximate surface area is 327 Å². The summed E-state index contributed by atoms with van der Waals surface area (Å²) in [6, 6.07) is 56.9. The zero-order valence-corrected chi connectivity index (χ0v) is 31.5. The van der Waals surface area contributed by atoms with Crippen molar-refractivity contribution in [2.75, 3.05) is 9.80 Å². The number of fused-ring (bicyclic) bond motifs is 9. The van der Waals surface area contributed by atoms with E-state index >= 15 is 0 Å². The fraction of sp³-hybridized carbons (Fsp3) is 0.0800. The Bertz CT molecular complexity index is 3150. The van der Waals surface area contributed by atoms with E-state index in [4.69, 9.17) is 0 Å². The van der Waals surface area contributed by atoms with E-state index in [9.17, 15) is 0 Å². The number of rotatable bonds is 2. The first-order valence-corrected chi connectivity index (χ1v) is 19.8. The molecule has 4 nitrogen and oxygen atoms in total. The van der Waals surface area contributed by atoms with Gasteiger partial charge in [-0.1, -0.05) is 118 Å². The van der Waals surface area contributed by atoms with Crippen molar-refractivity contribution in [1.82, 2.24) is 8.96 Å². The summed E-state index contributed by atoms with van der Waals surface area (Å²) in [4.78, 5) is 5.18. The van der Waals surface area contributed by atoms with Gasteiger partial charge < -0.3 is 18.8 Å². The molecule has 0 aliphatic carbocycles. The van der Waals surface area contributed by atoms with Gasteiger partial charge in [0.15, 0.2) is 0 Å². The van der Waals surface area contributed by atoms with Crippen molar-refractivity contribution in [2.24, 2.45) is 0 Å². The number of anilines is 6. The highest BCUT2D eigenvalue weighted by Gasteiger charge is 2.51. The van der Waals surface area contributed by atoms with Crippen LogP contribution >= 0.6 is 0 Å². The van der Waals surface area contributed by atoms with Crippen molar-refractivity contribution in [2.45, 2.75) is 26.2 Å². The Morgan fingerprint density at radius 2 is 0.893 bits per heavy atom. The summed E-state index contributed by atoms with van der Waals surface area (Å²) < 4.78 is 5.21. The summed E-state index contributed by atoms with van der Waals surface area (Å²) >= 11 is 0. The predicted octanol–water partition coefficient (Wildman–Crippen LogP) is 9.73. The monoisotopic (exact) mass is 714 g/mol. The van der Waals surface area contributed by atoms with Crippen LogP contribution in [0.15, 0.2) is 164 Å². The van der Waals surface area contributed by atoms with Crippen LogP contribution in [0.1, 0.15) is 26.3 Å². The third kappa shape index (κ3) is 3.72. The second-order valence-electron chi connectivity index (χ2n) is 16.9. The van der Waals surface area contributed by atoms with Gasteiger partial charge in [0, 0.05) is 56.3 Å². The molecule has 0 N–H and O–H groups in total. The van der Waals surface area contributed by atoms with Crippen molar-refractivity contribution < 1.29 is 0 Å². The van der Waals surface area contributed by atoms with Crippen LogP contribution in [0.2, 0.25) is 0 Å². The van der Waals surface area contributed by atoms with Gasteiger partial charge in [0.25, 0.3) is 0 Å². The molecule has 13 rings (SSSR count). The molecule has 0 atom stereocenters. The number of para-hydroxylation sites is 4. The van der Waals surface area contributed by atoms with Crippen molar-refractivity contribution in [3.63, 3.8) is 0 Å². The third-order valence-electron chi connectivity index (χ3n) is 13.0. The maximum absolute atomic E-state index is 2.61. The molecular weight excluding hydrogens is 678 g/mol. The fourth-order valence-electron chi connectivity index (χ4n) is 10.9. The highest BCUT2D eigenvalue weighted by Crippen LogP contribution is 2.49. The van der Waals surface area contributed by atoms with Crippen molar-refractivity contribution >= 4 is 91.5 Å². The van der Waals surface area contributed by atoms with E-state index in [1.807, 2.05) is 0 Å². The van der Waals surface area contributed by atoms with Gasteiger partial charge in [0.1, 0.15) is 0 Å². The molecule has 4 aliphatic rings. The highest BCUT2D eigenvalue weighted by molar-refractivity contribution is 6.99. The van der Waals surface area contributed by atoms with E-state index in [0.717, 1.165) is 0 Å². The number of aromatic nitrogens is 2. The van der Waals surface area contributed by atoms with E-state index < -0.39 is 0 Å². The van der Waals surface area contributed by atoms with Crippen LogP contribution in [0.3, 0.4) is 0 Å². The Kier molecular flexibility index (Phi) is 5.78. The Balaban J connectivity index is 1.28. The Morgan fingerprint density at radius 3 is 1.45 bits per heavy atom. The first-order chi connectivity index (χ1) is 27.5. The minimum Gasteiger partial charge on any atom is -0.382 e. The van der Waals surface area contributed by atoms with Crippen LogP contribution in [0.5, 0.6) is 0 Å². The average molecular weight is 714 g/mol. The molecule has 0 spiro atoms. The molecular formula is C50H36B2N4. The van der Waals surface area contributed by atoms with Crippen molar-refractivity contribution in [3.8, 4) is 22.3 Å². The Hall–Kier alpha value is -6.65. The molecule has 262 valence electrons. The van der Waals surface area contributed by atoms with Crippen LogP contribution < -0.4 is 31.7 Å². The van der Waals surface area contributed by atoms with Crippen molar-refractivity contribution in [3.05, 3.63) is 170 Å². The van der Waals surface area contributed by atoms with Gasteiger partial charge in [-0.25, -0.2) is 0 Å². The molecule has 7 aromatic carbocycles. The summed E-state index contributed by atoms with van der Waals surface area (Å²) in [7, 11) is 0. The molecule has 2 aromatic heterocycles. The second-order valence-corrected chi connectivity index (χ2v) is 16.9. The summed E-state index contributed by atoms with van der Waals surface area (Å²) in [5, 5.41) is 2.56.